The van der Waals surface area contributed by atoms with Crippen LogP contribution in [0.4, 0.5) is 10.5 Å². The summed E-state index contributed by atoms with van der Waals surface area (Å²) in [4.78, 5) is 24.5. The van der Waals surface area contributed by atoms with Crippen LogP contribution in [0.25, 0.3) is 0 Å². The normalized spacial score (nSPS) is 24.9. The van der Waals surface area contributed by atoms with Crippen LogP contribution < -0.4 is 4.48 Å². The highest BCUT2D eigenvalue weighted by molar-refractivity contribution is 9.07. The highest BCUT2D eigenvalue weighted by Gasteiger charge is 2.57. The van der Waals surface area contributed by atoms with E-state index in [0.29, 0.717) is 15.7 Å². The van der Waals surface area contributed by atoms with E-state index >= 15 is 0 Å². The highest BCUT2D eigenvalue weighted by atomic mass is 79.9. The topological polar surface area (TPSA) is 37.4 Å². The van der Waals surface area contributed by atoms with Gasteiger partial charge in [0.1, 0.15) is 5.75 Å². The quantitative estimate of drug-likeness (QED) is 0.304. The second-order valence-corrected chi connectivity index (χ2v) is 6.94. The molecule has 2 atom stereocenters. The summed E-state index contributed by atoms with van der Waals surface area (Å²) in [7, 11) is 1.53. The van der Waals surface area contributed by atoms with E-state index < -0.39 is 10.5 Å². The Labute approximate surface area is 148 Å². The van der Waals surface area contributed by atoms with Crippen LogP contribution in [-0.4, -0.2) is 34.7 Å². The predicted octanol–water partition coefficient (Wildman–Crippen LogP) is 3.61. The number of nitrogens with zero attached hydrogens (tertiary/aromatic N) is 2. The van der Waals surface area contributed by atoms with Gasteiger partial charge in [0.05, 0.1) is 23.2 Å². The van der Waals surface area contributed by atoms with Crippen LogP contribution in [0.5, 0.6) is 0 Å². The maximum atomic E-state index is 12.3. The van der Waals surface area contributed by atoms with E-state index in [1.165, 1.54) is 11.0 Å². The van der Waals surface area contributed by atoms with E-state index in [9.17, 15) is 9.59 Å². The number of hydrogen-bond acceptors (Lipinski definition) is 2. The molecule has 1 fully saturated rings. The van der Waals surface area contributed by atoms with Gasteiger partial charge in [0.25, 0.3) is 0 Å². The summed E-state index contributed by atoms with van der Waals surface area (Å²) in [5.41, 5.74) is 0.455. The first-order valence-corrected chi connectivity index (χ1v) is 8.39. The molecule has 21 heavy (non-hydrogen) atoms. The second-order valence-electron chi connectivity index (χ2n) is 4.60. The van der Waals surface area contributed by atoms with Gasteiger partial charge >= 0.3 is 11.9 Å². The molecule has 0 N–H and O–H groups in total. The lowest BCUT2D eigenvalue weighted by Gasteiger charge is -2.22. The van der Waals surface area contributed by atoms with Gasteiger partial charge < -0.3 is 0 Å². The van der Waals surface area contributed by atoms with Crippen LogP contribution in [-0.2, 0) is 17.4 Å². The van der Waals surface area contributed by atoms with E-state index in [1.807, 2.05) is 6.92 Å². The van der Waals surface area contributed by atoms with Crippen LogP contribution in [0.2, 0.25) is 10.0 Å². The van der Waals surface area contributed by atoms with E-state index in [0.717, 1.165) is 5.75 Å². The lowest BCUT2D eigenvalue weighted by molar-refractivity contribution is -0.126. The van der Waals surface area contributed by atoms with Crippen LogP contribution in [0.3, 0.4) is 0 Å². The number of quaternary nitrogens is 1. The average molecular weight is 416 g/mol. The van der Waals surface area contributed by atoms with Gasteiger partial charge in [0.15, 0.2) is 11.7 Å². The molecule has 1 aromatic rings. The minimum absolute atomic E-state index is 0.241. The monoisotopic (exact) mass is 414 g/mol. The smallest absolute Gasteiger partial charge is 0.227 e. The highest BCUT2D eigenvalue weighted by Crippen LogP contribution is 2.36. The molecule has 2 unspecified atom stereocenters. The Bertz CT molecular complexity index is 531. The Kier molecular flexibility index (Phi) is 6.55. The van der Waals surface area contributed by atoms with Gasteiger partial charge in [-0.2, -0.15) is 0 Å². The summed E-state index contributed by atoms with van der Waals surface area (Å²) in [6, 6.07) is 3.79. The van der Waals surface area contributed by atoms with Crippen molar-refractivity contribution in [1.29, 1.82) is 0 Å². The summed E-state index contributed by atoms with van der Waals surface area (Å²) >= 11 is 18.1. The van der Waals surface area contributed by atoms with Crippen molar-refractivity contribution in [1.82, 2.24) is 8.41 Å². The number of carbonyl (C=O) groups is 2. The predicted molar refractivity (Wildman–Crippen MR) is 95.5 cm³/mol. The third kappa shape index (κ3) is 3.56. The van der Waals surface area contributed by atoms with Gasteiger partial charge in [-0.15, -0.1) is 4.48 Å². The van der Waals surface area contributed by atoms with Crippen molar-refractivity contribution in [3.63, 3.8) is 0 Å². The molecule has 0 spiro atoms. The molecule has 3 amide bonds. The zero-order valence-electron chi connectivity index (χ0n) is 11.9. The maximum Gasteiger partial charge on any atom is 0.442 e. The van der Waals surface area contributed by atoms with Crippen molar-refractivity contribution >= 4 is 69.6 Å². The number of imide groups is 1. The van der Waals surface area contributed by atoms with E-state index in [1.54, 1.807) is 25.1 Å². The van der Waals surface area contributed by atoms with Crippen molar-refractivity contribution in [3.8, 4) is 0 Å². The zero-order valence-corrected chi connectivity index (χ0v) is 16.0. The minimum Gasteiger partial charge on any atom is -0.227 e. The minimum atomic E-state index is -0.541. The summed E-state index contributed by atoms with van der Waals surface area (Å²) in [5, 5.41) is 0.774. The number of carbonyl (C=O) groups excluding carboxylic acids is 2. The molecule has 4 nitrogen and oxygen atoms in total. The first-order chi connectivity index (χ1) is 9.69. The number of urea groups is 1. The van der Waals surface area contributed by atoms with E-state index in [4.69, 9.17) is 23.2 Å². The van der Waals surface area contributed by atoms with Crippen LogP contribution >= 0.6 is 39.3 Å². The molecule has 1 heterocycles. The zero-order chi connectivity index (χ0) is 16.4. The van der Waals surface area contributed by atoms with Crippen molar-refractivity contribution < 1.29 is 9.59 Å². The molecule has 116 valence electrons. The van der Waals surface area contributed by atoms with Gasteiger partial charge in [-0.05, 0) is 32.5 Å². The van der Waals surface area contributed by atoms with Gasteiger partial charge in [-0.3, -0.25) is 0 Å². The third-order valence-corrected chi connectivity index (χ3v) is 4.42. The van der Waals surface area contributed by atoms with Crippen LogP contribution in [0, 0.1) is 0 Å². The van der Waals surface area contributed by atoms with E-state index in [-0.39, 0.29) is 11.9 Å². The van der Waals surface area contributed by atoms with Crippen LogP contribution in [0.1, 0.15) is 13.8 Å². The first kappa shape index (κ1) is 18.8. The number of likely N-dealkylation sites (N-methyl/N-ethyl adjacent to an activating group) is 1. The number of amides is 3. The molecular weight excluding hydrogens is 399 g/mol. The molecule has 0 radical (unpaired) electrons. The molecule has 0 bridgehead atoms. The summed E-state index contributed by atoms with van der Waals surface area (Å²) in [6.07, 6.45) is 0. The number of hydrogen-bond donors (Lipinski definition) is 0. The molecule has 1 aromatic carbocycles. The Morgan fingerprint density at radius 2 is 1.71 bits per heavy atom. The molecule has 1 aliphatic rings. The Balaban J connectivity index is 0.000000677. The van der Waals surface area contributed by atoms with Crippen LogP contribution in [0.15, 0.2) is 18.2 Å². The van der Waals surface area contributed by atoms with Gasteiger partial charge in [-0.1, -0.05) is 23.2 Å². The Morgan fingerprint density at radius 1 is 1.29 bits per heavy atom. The van der Waals surface area contributed by atoms with Gasteiger partial charge in [0, 0.05) is 22.2 Å². The standard InChI is InChI=1S/C11H10BrCl2N2O2.C2H6S/c1-6-10(17)16(2,11(18)15(6)12)9-4-7(13)3-8(14)5-9;1-2-3/h3-6H,1-2H3;3H,2H2,1H3/q+1;/p+1. The summed E-state index contributed by atoms with van der Waals surface area (Å²) in [5.74, 6) is 0.815. The van der Waals surface area contributed by atoms with Crippen molar-refractivity contribution in [2.24, 2.45) is 0 Å². The largest absolute Gasteiger partial charge is 0.442 e. The summed E-state index contributed by atoms with van der Waals surface area (Å²) in [6.45, 7) is 3.70. The maximum absolute atomic E-state index is 12.3. The van der Waals surface area contributed by atoms with Crippen molar-refractivity contribution in [3.05, 3.63) is 28.2 Å². The molecule has 1 saturated heterocycles. The molecule has 0 aliphatic carbocycles. The van der Waals surface area contributed by atoms with Crippen molar-refractivity contribution in [2.75, 3.05) is 12.8 Å². The second kappa shape index (κ2) is 7.33. The van der Waals surface area contributed by atoms with Crippen molar-refractivity contribution in [2.45, 2.75) is 19.9 Å². The molecule has 8 heteroatoms. The third-order valence-electron chi connectivity index (χ3n) is 3.07. The number of benzene rings is 1. The lowest BCUT2D eigenvalue weighted by Crippen LogP contribution is -2.51. The summed E-state index contributed by atoms with van der Waals surface area (Å²) < 4.78 is 0.761. The van der Waals surface area contributed by atoms with E-state index in [2.05, 4.69) is 28.8 Å². The molecule has 2 rings (SSSR count). The fourth-order valence-corrected chi connectivity index (χ4v) is 2.96. The number of halogens is 3. The number of rotatable bonds is 1. The fourth-order valence-electron chi connectivity index (χ4n) is 1.96. The van der Waals surface area contributed by atoms with Gasteiger partial charge in [-0.25, -0.2) is 13.5 Å². The SMILES string of the molecule is CC1C(=O)[N+](C)(c2cc(Cl)cc(Cl)c2)C(=O)N1Br.CC[SH2+]. The molecular formula is C13H17BrCl2N2O2S+2. The Morgan fingerprint density at radius 3 is 2.05 bits per heavy atom. The lowest BCUT2D eigenvalue weighted by atomic mass is 10.2. The fraction of sp³-hybridized carbons (Fsp3) is 0.385. The molecule has 0 saturated carbocycles. The van der Waals surface area contributed by atoms with Gasteiger partial charge in [0.2, 0.25) is 0 Å². The molecule has 1 aliphatic heterocycles. The average Bonchev–Trinajstić information content (AvgIpc) is 2.55. The molecule has 0 aromatic heterocycles. The Hall–Kier alpha value is -0.270. The first-order valence-electron chi connectivity index (χ1n) is 6.21.